The minimum atomic E-state index is -0.372. The highest BCUT2D eigenvalue weighted by molar-refractivity contribution is 9.10. The molecule has 7 heteroatoms. The topological polar surface area (TPSA) is 74.6 Å². The van der Waals surface area contributed by atoms with E-state index in [0.717, 1.165) is 12.8 Å². The van der Waals surface area contributed by atoms with Crippen LogP contribution in [0.3, 0.4) is 0 Å². The Labute approximate surface area is 126 Å². The highest BCUT2D eigenvalue weighted by Gasteiger charge is 2.14. The van der Waals surface area contributed by atoms with Crippen molar-refractivity contribution in [3.8, 4) is 0 Å². The molecular formula is C13H20BrN3O3. The monoisotopic (exact) mass is 345 g/mol. The van der Waals surface area contributed by atoms with Crippen LogP contribution in [0, 0.1) is 0 Å². The average molecular weight is 346 g/mol. The van der Waals surface area contributed by atoms with Crippen LogP contribution >= 0.6 is 15.9 Å². The first-order valence-corrected chi connectivity index (χ1v) is 7.31. The molecule has 0 fully saturated rings. The van der Waals surface area contributed by atoms with Gasteiger partial charge < -0.3 is 19.9 Å². The Balaban J connectivity index is 2.84. The molecule has 1 aromatic heterocycles. The molecule has 2 amide bonds. The van der Waals surface area contributed by atoms with E-state index >= 15 is 0 Å². The number of carbonyl (C=O) groups is 1. The molecule has 2 N–H and O–H groups in total. The zero-order valence-electron chi connectivity index (χ0n) is 11.7. The Morgan fingerprint density at radius 3 is 2.80 bits per heavy atom. The van der Waals surface area contributed by atoms with Crippen molar-refractivity contribution in [2.24, 2.45) is 7.05 Å². The van der Waals surface area contributed by atoms with Gasteiger partial charge in [0.2, 0.25) is 0 Å². The largest absolute Gasteiger partial charge is 0.395 e. The van der Waals surface area contributed by atoms with Crippen LogP contribution in [-0.4, -0.2) is 40.3 Å². The first-order valence-electron chi connectivity index (χ1n) is 6.52. The lowest BCUT2D eigenvalue weighted by atomic mass is 10.3. The summed E-state index contributed by atoms with van der Waals surface area (Å²) in [5.41, 5.74) is -0.0627. The van der Waals surface area contributed by atoms with Crippen molar-refractivity contribution in [3.05, 3.63) is 27.1 Å². The molecule has 0 atom stereocenters. The zero-order chi connectivity index (χ0) is 15.1. The summed E-state index contributed by atoms with van der Waals surface area (Å²) in [5, 5.41) is 11.6. The maximum atomic E-state index is 12.1. The van der Waals surface area contributed by atoms with Crippen molar-refractivity contribution >= 4 is 27.6 Å². The first-order chi connectivity index (χ1) is 9.49. The van der Waals surface area contributed by atoms with Gasteiger partial charge in [0.05, 0.1) is 6.61 Å². The Morgan fingerprint density at radius 2 is 2.20 bits per heavy atom. The summed E-state index contributed by atoms with van der Waals surface area (Å²) in [4.78, 5) is 25.5. The molecule has 112 valence electrons. The summed E-state index contributed by atoms with van der Waals surface area (Å²) >= 11 is 3.28. The van der Waals surface area contributed by atoms with Gasteiger partial charge in [-0.25, -0.2) is 4.79 Å². The normalized spacial score (nSPS) is 10.4. The second-order valence-electron chi connectivity index (χ2n) is 4.48. The van der Waals surface area contributed by atoms with Crippen LogP contribution in [0.15, 0.2) is 21.5 Å². The molecule has 20 heavy (non-hydrogen) atoms. The van der Waals surface area contributed by atoms with Gasteiger partial charge in [0.1, 0.15) is 5.69 Å². The Hall–Kier alpha value is -1.34. The van der Waals surface area contributed by atoms with E-state index < -0.39 is 0 Å². The van der Waals surface area contributed by atoms with Crippen molar-refractivity contribution in [2.75, 3.05) is 25.0 Å². The number of aryl methyl sites for hydroxylation is 1. The summed E-state index contributed by atoms with van der Waals surface area (Å²) in [7, 11) is 1.62. The Kier molecular flexibility index (Phi) is 6.74. The van der Waals surface area contributed by atoms with E-state index in [1.54, 1.807) is 19.3 Å². The molecule has 0 aromatic carbocycles. The molecule has 0 saturated heterocycles. The maximum absolute atomic E-state index is 12.1. The van der Waals surface area contributed by atoms with E-state index in [-0.39, 0.29) is 30.4 Å². The van der Waals surface area contributed by atoms with Crippen LogP contribution in [0.25, 0.3) is 0 Å². The fourth-order valence-electron chi connectivity index (χ4n) is 1.74. The third-order valence-corrected chi connectivity index (χ3v) is 3.26. The number of urea groups is 1. The zero-order valence-corrected chi connectivity index (χ0v) is 13.3. The number of nitrogens with one attached hydrogen (secondary N) is 1. The van der Waals surface area contributed by atoms with E-state index in [2.05, 4.69) is 21.2 Å². The number of nitrogens with zero attached hydrogens (tertiary/aromatic N) is 2. The standard InChI is InChI=1S/C13H20BrN3O3/c1-3-4-5-17(6-7-18)13(20)15-11-8-10(14)9-16(2)12(11)19/h8-9,18H,3-7H2,1-2H3,(H,15,20). The molecule has 0 radical (unpaired) electrons. The number of pyridine rings is 1. The van der Waals surface area contributed by atoms with Gasteiger partial charge in [-0.3, -0.25) is 4.79 Å². The van der Waals surface area contributed by atoms with Crippen LogP contribution in [0.4, 0.5) is 10.5 Å². The number of halogens is 1. The van der Waals surface area contributed by atoms with Gasteiger partial charge in [0, 0.05) is 30.8 Å². The summed E-state index contributed by atoms with van der Waals surface area (Å²) in [6.45, 7) is 2.73. The van der Waals surface area contributed by atoms with E-state index in [1.807, 2.05) is 6.92 Å². The van der Waals surface area contributed by atoms with Crippen LogP contribution in [-0.2, 0) is 7.05 Å². The Morgan fingerprint density at radius 1 is 1.50 bits per heavy atom. The lowest BCUT2D eigenvalue weighted by molar-refractivity contribution is 0.187. The number of aromatic nitrogens is 1. The molecule has 0 aliphatic heterocycles. The van der Waals surface area contributed by atoms with E-state index in [9.17, 15) is 9.59 Å². The summed E-state index contributed by atoms with van der Waals surface area (Å²) in [6, 6.07) is 1.19. The smallest absolute Gasteiger partial charge is 0.322 e. The molecule has 0 spiro atoms. The molecule has 1 rings (SSSR count). The van der Waals surface area contributed by atoms with Crippen LogP contribution in [0.1, 0.15) is 19.8 Å². The lowest BCUT2D eigenvalue weighted by Gasteiger charge is -2.22. The first kappa shape index (κ1) is 16.7. The van der Waals surface area contributed by atoms with Crippen LogP contribution in [0.5, 0.6) is 0 Å². The van der Waals surface area contributed by atoms with Crippen molar-refractivity contribution < 1.29 is 9.90 Å². The number of aliphatic hydroxyl groups is 1. The number of rotatable bonds is 6. The highest BCUT2D eigenvalue weighted by Crippen LogP contribution is 2.12. The summed E-state index contributed by atoms with van der Waals surface area (Å²) in [6.07, 6.45) is 3.43. The molecule has 1 heterocycles. The molecule has 0 aliphatic carbocycles. The third-order valence-electron chi connectivity index (χ3n) is 2.83. The van der Waals surface area contributed by atoms with Crippen LogP contribution < -0.4 is 10.9 Å². The van der Waals surface area contributed by atoms with E-state index in [4.69, 9.17) is 5.11 Å². The molecule has 6 nitrogen and oxygen atoms in total. The second kappa shape index (κ2) is 8.06. The second-order valence-corrected chi connectivity index (χ2v) is 5.40. The number of aliphatic hydroxyl groups excluding tert-OH is 1. The molecule has 0 bridgehead atoms. The molecular weight excluding hydrogens is 326 g/mol. The minimum Gasteiger partial charge on any atom is -0.395 e. The number of anilines is 1. The van der Waals surface area contributed by atoms with E-state index in [0.29, 0.717) is 11.0 Å². The number of carbonyl (C=O) groups excluding carboxylic acids is 1. The number of hydrogen-bond acceptors (Lipinski definition) is 3. The summed E-state index contributed by atoms with van der Waals surface area (Å²) in [5.74, 6) is 0. The number of unbranched alkanes of at least 4 members (excludes halogenated alkanes) is 1. The van der Waals surface area contributed by atoms with Crippen molar-refractivity contribution in [1.29, 1.82) is 0 Å². The number of hydrogen-bond donors (Lipinski definition) is 2. The predicted molar refractivity (Wildman–Crippen MR) is 82.0 cm³/mol. The van der Waals surface area contributed by atoms with Crippen LogP contribution in [0.2, 0.25) is 0 Å². The van der Waals surface area contributed by atoms with Crippen molar-refractivity contribution in [2.45, 2.75) is 19.8 Å². The Bertz CT molecular complexity index is 516. The molecule has 0 aliphatic rings. The SMILES string of the molecule is CCCCN(CCO)C(=O)Nc1cc(Br)cn(C)c1=O. The van der Waals surface area contributed by atoms with Crippen molar-refractivity contribution in [1.82, 2.24) is 9.47 Å². The quantitative estimate of drug-likeness (QED) is 0.825. The van der Waals surface area contributed by atoms with Gasteiger partial charge in [-0.1, -0.05) is 13.3 Å². The molecule has 0 saturated carbocycles. The molecule has 0 unspecified atom stereocenters. The van der Waals surface area contributed by atoms with Gasteiger partial charge in [-0.2, -0.15) is 0 Å². The third kappa shape index (κ3) is 4.64. The lowest BCUT2D eigenvalue weighted by Crippen LogP contribution is -2.39. The minimum absolute atomic E-state index is 0.104. The predicted octanol–water partition coefficient (Wildman–Crippen LogP) is 1.77. The van der Waals surface area contributed by atoms with Gasteiger partial charge in [0.25, 0.3) is 5.56 Å². The number of amides is 2. The highest BCUT2D eigenvalue weighted by atomic mass is 79.9. The summed E-state index contributed by atoms with van der Waals surface area (Å²) < 4.78 is 2.10. The average Bonchev–Trinajstić information content (AvgIpc) is 2.40. The molecule has 1 aromatic rings. The van der Waals surface area contributed by atoms with E-state index in [1.165, 1.54) is 9.47 Å². The fraction of sp³-hybridized carbons (Fsp3) is 0.538. The van der Waals surface area contributed by atoms with Gasteiger partial charge in [0.15, 0.2) is 0 Å². The van der Waals surface area contributed by atoms with Gasteiger partial charge >= 0.3 is 6.03 Å². The fourth-order valence-corrected chi connectivity index (χ4v) is 2.27. The maximum Gasteiger partial charge on any atom is 0.322 e. The van der Waals surface area contributed by atoms with Gasteiger partial charge in [-0.05, 0) is 28.4 Å². The van der Waals surface area contributed by atoms with Gasteiger partial charge in [-0.15, -0.1) is 0 Å². The van der Waals surface area contributed by atoms with Crippen molar-refractivity contribution in [3.63, 3.8) is 0 Å².